The number of nitro groups is 1. The summed E-state index contributed by atoms with van der Waals surface area (Å²) in [4.78, 5) is 22.6. The second kappa shape index (κ2) is 6.01. The number of hydrogen-bond donors (Lipinski definition) is 2. The highest BCUT2D eigenvalue weighted by molar-refractivity contribution is 7.71. The van der Waals surface area contributed by atoms with Gasteiger partial charge >= 0.3 is 0 Å². The standard InChI is InChI=1S/C16H10N6O3S/c23-15-13(11-3-1-2-4-12(11)17-15)20-21-14(18-19-16(21)26)9-5-7-10(8-6-9)22(24)25/h1-8H,(H,19,26)(H,17,20,23). The van der Waals surface area contributed by atoms with Crippen molar-refractivity contribution in [2.75, 3.05) is 5.32 Å². The molecule has 0 saturated carbocycles. The Hall–Kier alpha value is -3.66. The number of hydrogen-bond acceptors (Lipinski definition) is 6. The lowest BCUT2D eigenvalue weighted by atomic mass is 10.1. The number of nitrogens with zero attached hydrogens (tertiary/aromatic N) is 4. The van der Waals surface area contributed by atoms with E-state index in [4.69, 9.17) is 12.2 Å². The lowest BCUT2D eigenvalue weighted by Crippen LogP contribution is -2.16. The van der Waals surface area contributed by atoms with E-state index in [0.717, 1.165) is 0 Å². The molecular formula is C16H10N6O3S. The van der Waals surface area contributed by atoms with Crippen LogP contribution < -0.4 is 5.32 Å². The first-order valence-corrected chi connectivity index (χ1v) is 7.87. The third-order valence-corrected chi connectivity index (χ3v) is 4.10. The summed E-state index contributed by atoms with van der Waals surface area (Å²) in [5.41, 5.74) is 2.07. The molecule has 4 rings (SSSR count). The maximum atomic E-state index is 12.2. The van der Waals surface area contributed by atoms with Crippen molar-refractivity contribution < 1.29 is 9.72 Å². The van der Waals surface area contributed by atoms with Crippen molar-refractivity contribution in [3.8, 4) is 11.4 Å². The van der Waals surface area contributed by atoms with Crippen molar-refractivity contribution in [2.24, 2.45) is 5.10 Å². The Morgan fingerprint density at radius 2 is 1.88 bits per heavy atom. The fraction of sp³-hybridized carbons (Fsp3) is 0. The highest BCUT2D eigenvalue weighted by Gasteiger charge is 2.26. The summed E-state index contributed by atoms with van der Waals surface area (Å²) in [5.74, 6) is -0.00136. The molecule has 128 valence electrons. The van der Waals surface area contributed by atoms with Crippen LogP contribution in [0.25, 0.3) is 11.4 Å². The number of aromatic nitrogens is 3. The Labute approximate surface area is 151 Å². The van der Waals surface area contributed by atoms with Gasteiger partial charge in [0, 0.05) is 23.3 Å². The van der Waals surface area contributed by atoms with E-state index in [1.807, 2.05) is 6.07 Å². The predicted octanol–water partition coefficient (Wildman–Crippen LogP) is 2.72. The average Bonchev–Trinajstić information content (AvgIpc) is 3.16. The second-order valence-electron chi connectivity index (χ2n) is 5.42. The van der Waals surface area contributed by atoms with Gasteiger partial charge in [0.25, 0.3) is 11.6 Å². The minimum Gasteiger partial charge on any atom is -0.320 e. The van der Waals surface area contributed by atoms with Crippen LogP contribution in [-0.4, -0.2) is 31.4 Å². The SMILES string of the molecule is O=C1Nc2ccccc2/C1=N\n1c(-c2ccc([N+](=O)[O-])cc2)n[nH]c1=S. The first-order valence-electron chi connectivity index (χ1n) is 7.46. The van der Waals surface area contributed by atoms with Crippen LogP contribution in [0.5, 0.6) is 0 Å². The maximum Gasteiger partial charge on any atom is 0.276 e. The lowest BCUT2D eigenvalue weighted by Gasteiger charge is -2.02. The predicted molar refractivity (Wildman–Crippen MR) is 96.5 cm³/mol. The number of carbonyl (C=O) groups excluding carboxylic acids is 1. The van der Waals surface area contributed by atoms with Gasteiger partial charge in [-0.3, -0.25) is 14.9 Å². The van der Waals surface area contributed by atoms with Crippen molar-refractivity contribution in [3.63, 3.8) is 0 Å². The van der Waals surface area contributed by atoms with E-state index >= 15 is 0 Å². The molecule has 10 heteroatoms. The number of carbonyl (C=O) groups is 1. The number of rotatable bonds is 3. The Balaban J connectivity index is 1.82. The number of nitrogens with one attached hydrogen (secondary N) is 2. The van der Waals surface area contributed by atoms with Crippen LogP contribution >= 0.6 is 12.2 Å². The minimum absolute atomic E-state index is 0.0372. The van der Waals surface area contributed by atoms with Gasteiger partial charge in [0.15, 0.2) is 11.5 Å². The summed E-state index contributed by atoms with van der Waals surface area (Å²) in [6.07, 6.45) is 0. The lowest BCUT2D eigenvalue weighted by molar-refractivity contribution is -0.384. The fourth-order valence-electron chi connectivity index (χ4n) is 2.61. The topological polar surface area (TPSA) is 118 Å². The quantitative estimate of drug-likeness (QED) is 0.420. The number of fused-ring (bicyclic) bond motifs is 1. The first-order chi connectivity index (χ1) is 12.5. The van der Waals surface area contributed by atoms with E-state index in [-0.39, 0.29) is 22.1 Å². The molecule has 2 N–H and O–H groups in total. The zero-order valence-electron chi connectivity index (χ0n) is 13.0. The minimum atomic E-state index is -0.485. The van der Waals surface area contributed by atoms with E-state index in [1.165, 1.54) is 16.8 Å². The molecule has 2 heterocycles. The first kappa shape index (κ1) is 15.8. The normalized spacial score (nSPS) is 14.3. The van der Waals surface area contributed by atoms with Crippen LogP contribution in [0.1, 0.15) is 5.56 Å². The monoisotopic (exact) mass is 366 g/mol. The van der Waals surface area contributed by atoms with E-state index in [2.05, 4.69) is 20.6 Å². The summed E-state index contributed by atoms with van der Waals surface area (Å²) >= 11 is 5.21. The molecule has 3 aromatic rings. The van der Waals surface area contributed by atoms with Crippen molar-refractivity contribution >= 4 is 35.2 Å². The molecule has 1 aromatic heterocycles. The number of non-ortho nitro benzene ring substituents is 1. The zero-order chi connectivity index (χ0) is 18.3. The number of amides is 1. The van der Waals surface area contributed by atoms with Crippen LogP contribution in [0, 0.1) is 14.9 Å². The van der Waals surface area contributed by atoms with Crippen LogP contribution in [-0.2, 0) is 4.79 Å². The molecule has 1 aliphatic heterocycles. The number of aromatic amines is 1. The third-order valence-electron chi connectivity index (χ3n) is 3.83. The van der Waals surface area contributed by atoms with Gasteiger partial charge in [0.05, 0.1) is 10.6 Å². The number of benzene rings is 2. The van der Waals surface area contributed by atoms with Gasteiger partial charge in [-0.05, 0) is 30.4 Å². The molecule has 0 atom stereocenters. The largest absolute Gasteiger partial charge is 0.320 e. The van der Waals surface area contributed by atoms with Gasteiger partial charge < -0.3 is 5.32 Å². The van der Waals surface area contributed by atoms with E-state index in [9.17, 15) is 14.9 Å². The fourth-order valence-corrected chi connectivity index (χ4v) is 2.78. The molecule has 0 bridgehead atoms. The summed E-state index contributed by atoms with van der Waals surface area (Å²) in [7, 11) is 0. The Morgan fingerprint density at radius 1 is 1.15 bits per heavy atom. The smallest absolute Gasteiger partial charge is 0.276 e. The number of para-hydroxylation sites is 1. The van der Waals surface area contributed by atoms with E-state index in [1.54, 1.807) is 30.3 Å². The van der Waals surface area contributed by atoms with Gasteiger partial charge in [0.2, 0.25) is 4.77 Å². The maximum absolute atomic E-state index is 12.2. The molecule has 0 fully saturated rings. The molecular weight excluding hydrogens is 356 g/mol. The zero-order valence-corrected chi connectivity index (χ0v) is 13.9. The van der Waals surface area contributed by atoms with Gasteiger partial charge in [0.1, 0.15) is 0 Å². The van der Waals surface area contributed by atoms with Gasteiger partial charge in [-0.1, -0.05) is 18.2 Å². The van der Waals surface area contributed by atoms with E-state index in [0.29, 0.717) is 22.6 Å². The molecule has 9 nitrogen and oxygen atoms in total. The summed E-state index contributed by atoms with van der Waals surface area (Å²) in [6, 6.07) is 13.0. The summed E-state index contributed by atoms with van der Waals surface area (Å²) in [5, 5.41) is 24.6. The molecule has 0 aliphatic carbocycles. The van der Waals surface area contributed by atoms with Crippen LogP contribution in [0.3, 0.4) is 0 Å². The Bertz CT molecular complexity index is 1130. The molecule has 2 aromatic carbocycles. The highest BCUT2D eigenvalue weighted by atomic mass is 32.1. The van der Waals surface area contributed by atoms with Crippen molar-refractivity contribution in [1.29, 1.82) is 0 Å². The number of H-pyrrole nitrogens is 1. The van der Waals surface area contributed by atoms with Gasteiger partial charge in [-0.25, -0.2) is 5.10 Å². The van der Waals surface area contributed by atoms with Crippen molar-refractivity contribution in [2.45, 2.75) is 0 Å². The van der Waals surface area contributed by atoms with Crippen LogP contribution in [0.4, 0.5) is 11.4 Å². The molecule has 0 radical (unpaired) electrons. The van der Waals surface area contributed by atoms with Crippen LogP contribution in [0.2, 0.25) is 0 Å². The molecule has 0 spiro atoms. The highest BCUT2D eigenvalue weighted by Crippen LogP contribution is 2.25. The van der Waals surface area contributed by atoms with E-state index < -0.39 is 4.92 Å². The second-order valence-corrected chi connectivity index (χ2v) is 5.80. The average molecular weight is 366 g/mol. The third kappa shape index (κ3) is 2.58. The van der Waals surface area contributed by atoms with Crippen molar-refractivity contribution in [3.05, 3.63) is 69.0 Å². The molecule has 1 aliphatic rings. The number of nitro benzene ring substituents is 1. The molecule has 0 unspecified atom stereocenters. The Kier molecular flexibility index (Phi) is 3.66. The summed E-state index contributed by atoms with van der Waals surface area (Å²) < 4.78 is 1.52. The van der Waals surface area contributed by atoms with Gasteiger partial charge in [-0.2, -0.15) is 14.9 Å². The molecule has 26 heavy (non-hydrogen) atoms. The number of anilines is 1. The van der Waals surface area contributed by atoms with Crippen molar-refractivity contribution in [1.82, 2.24) is 14.9 Å². The van der Waals surface area contributed by atoms with Crippen LogP contribution in [0.15, 0.2) is 53.6 Å². The molecule has 1 amide bonds. The summed E-state index contributed by atoms with van der Waals surface area (Å²) in [6.45, 7) is 0. The Morgan fingerprint density at radius 3 is 2.62 bits per heavy atom. The van der Waals surface area contributed by atoms with Gasteiger partial charge in [-0.15, -0.1) is 0 Å². The molecule has 0 saturated heterocycles.